The van der Waals surface area contributed by atoms with E-state index in [0.29, 0.717) is 11.8 Å². The molecule has 0 saturated heterocycles. The first-order chi connectivity index (χ1) is 6.70. The van der Waals surface area contributed by atoms with E-state index >= 15 is 0 Å². The highest BCUT2D eigenvalue weighted by molar-refractivity contribution is 5.76. The van der Waals surface area contributed by atoms with Crippen LogP contribution < -0.4 is 0 Å². The largest absolute Gasteiger partial charge is 0.462 e. The molecule has 0 radical (unpaired) electrons. The predicted octanol–water partition coefficient (Wildman–Crippen LogP) is 3.59. The first kappa shape index (κ1) is 9.25. The van der Waals surface area contributed by atoms with E-state index in [1.807, 2.05) is 24.6 Å². The van der Waals surface area contributed by atoms with Crippen LogP contribution in [-0.4, -0.2) is 4.98 Å². The van der Waals surface area contributed by atoms with Crippen molar-refractivity contribution in [2.24, 2.45) is 5.92 Å². The van der Waals surface area contributed by atoms with Crippen molar-refractivity contribution in [1.29, 1.82) is 0 Å². The molecule has 0 saturated carbocycles. The van der Waals surface area contributed by atoms with Crippen molar-refractivity contribution in [3.8, 4) is 0 Å². The van der Waals surface area contributed by atoms with E-state index in [1.54, 1.807) is 0 Å². The van der Waals surface area contributed by atoms with Gasteiger partial charge < -0.3 is 4.42 Å². The molecule has 2 rings (SSSR count). The fourth-order valence-electron chi connectivity index (χ4n) is 1.57. The van der Waals surface area contributed by atoms with Gasteiger partial charge in [0.2, 0.25) is 0 Å². The van der Waals surface area contributed by atoms with Gasteiger partial charge in [-0.2, -0.15) is 0 Å². The number of furan rings is 1. The fraction of sp³-hybridized carbons (Fsp3) is 0.417. The summed E-state index contributed by atoms with van der Waals surface area (Å²) in [5.74, 6) is 1.10. The highest BCUT2D eigenvalue weighted by atomic mass is 16.3. The Kier molecular flexibility index (Phi) is 2.28. The van der Waals surface area contributed by atoms with Gasteiger partial charge in [0.25, 0.3) is 0 Å². The second-order valence-corrected chi connectivity index (χ2v) is 4.07. The number of nitrogens with zero attached hydrogens (tertiary/aromatic N) is 1. The molecule has 2 heteroatoms. The Morgan fingerprint density at radius 2 is 2.07 bits per heavy atom. The average molecular weight is 189 g/mol. The number of aromatic nitrogens is 1. The summed E-state index contributed by atoms with van der Waals surface area (Å²) in [6, 6.07) is 3.86. The van der Waals surface area contributed by atoms with E-state index in [2.05, 4.69) is 25.8 Å². The second-order valence-electron chi connectivity index (χ2n) is 4.07. The maximum atomic E-state index is 5.46. The van der Waals surface area contributed by atoms with E-state index < -0.39 is 0 Å². The molecule has 0 bridgehead atoms. The van der Waals surface area contributed by atoms with Crippen LogP contribution in [0, 0.1) is 5.92 Å². The molecule has 0 spiro atoms. The molecular formula is C12H15NO. The van der Waals surface area contributed by atoms with Crippen LogP contribution in [0.4, 0.5) is 0 Å². The van der Waals surface area contributed by atoms with Gasteiger partial charge in [0.1, 0.15) is 5.52 Å². The van der Waals surface area contributed by atoms with Crippen molar-refractivity contribution in [3.05, 3.63) is 30.2 Å². The van der Waals surface area contributed by atoms with Gasteiger partial charge in [0.05, 0.1) is 6.26 Å². The van der Waals surface area contributed by atoms with Gasteiger partial charge in [-0.1, -0.05) is 20.8 Å². The molecule has 1 unspecified atom stereocenters. The summed E-state index contributed by atoms with van der Waals surface area (Å²) in [4.78, 5) is 4.35. The highest BCUT2D eigenvalue weighted by Crippen LogP contribution is 2.30. The van der Waals surface area contributed by atoms with Crippen LogP contribution in [0.3, 0.4) is 0 Å². The summed E-state index contributed by atoms with van der Waals surface area (Å²) in [5.41, 5.74) is 3.11. The summed E-state index contributed by atoms with van der Waals surface area (Å²) in [5, 5.41) is 0. The van der Waals surface area contributed by atoms with Crippen molar-refractivity contribution in [2.45, 2.75) is 26.7 Å². The minimum Gasteiger partial charge on any atom is -0.462 e. The Hall–Kier alpha value is -1.31. The number of hydrogen-bond acceptors (Lipinski definition) is 2. The zero-order valence-corrected chi connectivity index (χ0v) is 8.82. The minimum atomic E-state index is 0.492. The third kappa shape index (κ3) is 1.41. The number of fused-ring (bicyclic) bond motifs is 1. The van der Waals surface area contributed by atoms with E-state index in [1.165, 1.54) is 5.56 Å². The number of pyridine rings is 1. The summed E-state index contributed by atoms with van der Waals surface area (Å²) < 4.78 is 5.46. The van der Waals surface area contributed by atoms with Crippen molar-refractivity contribution < 1.29 is 4.42 Å². The van der Waals surface area contributed by atoms with Crippen molar-refractivity contribution >= 4 is 11.1 Å². The SMILES string of the molecule is CC(C)C(C)c1coc2cccnc12. The Morgan fingerprint density at radius 1 is 1.29 bits per heavy atom. The van der Waals surface area contributed by atoms with Crippen molar-refractivity contribution in [1.82, 2.24) is 4.98 Å². The van der Waals surface area contributed by atoms with Crippen LogP contribution >= 0.6 is 0 Å². The summed E-state index contributed by atoms with van der Waals surface area (Å²) in [6.07, 6.45) is 3.65. The van der Waals surface area contributed by atoms with Crippen LogP contribution in [0.15, 0.2) is 29.0 Å². The zero-order valence-electron chi connectivity index (χ0n) is 8.82. The molecule has 2 nitrogen and oxygen atoms in total. The number of rotatable bonds is 2. The molecule has 0 aliphatic heterocycles. The van der Waals surface area contributed by atoms with E-state index in [0.717, 1.165) is 11.1 Å². The molecular weight excluding hydrogens is 174 g/mol. The third-order valence-electron chi connectivity index (χ3n) is 2.85. The topological polar surface area (TPSA) is 26.0 Å². The van der Waals surface area contributed by atoms with Gasteiger partial charge in [-0.25, -0.2) is 0 Å². The van der Waals surface area contributed by atoms with Crippen LogP contribution in [0.2, 0.25) is 0 Å². The van der Waals surface area contributed by atoms with E-state index in [-0.39, 0.29) is 0 Å². The highest BCUT2D eigenvalue weighted by Gasteiger charge is 2.16. The molecule has 0 aliphatic rings. The second kappa shape index (κ2) is 3.45. The molecule has 0 N–H and O–H groups in total. The summed E-state index contributed by atoms with van der Waals surface area (Å²) in [7, 11) is 0. The van der Waals surface area contributed by atoms with E-state index in [4.69, 9.17) is 4.42 Å². The molecule has 1 atom stereocenters. The first-order valence-corrected chi connectivity index (χ1v) is 5.02. The smallest absolute Gasteiger partial charge is 0.152 e. The van der Waals surface area contributed by atoms with Crippen molar-refractivity contribution in [2.75, 3.05) is 0 Å². The maximum Gasteiger partial charge on any atom is 0.152 e. The first-order valence-electron chi connectivity index (χ1n) is 5.02. The molecule has 0 aromatic carbocycles. The number of hydrogen-bond donors (Lipinski definition) is 0. The molecule has 0 amide bonds. The van der Waals surface area contributed by atoms with Gasteiger partial charge in [0, 0.05) is 11.8 Å². The third-order valence-corrected chi connectivity index (χ3v) is 2.85. The van der Waals surface area contributed by atoms with Gasteiger partial charge in [0.15, 0.2) is 5.58 Å². The maximum absolute atomic E-state index is 5.46. The lowest BCUT2D eigenvalue weighted by molar-refractivity contribution is 0.524. The Bertz CT molecular complexity index is 431. The molecule has 0 aliphatic carbocycles. The lowest BCUT2D eigenvalue weighted by atomic mass is 9.91. The van der Waals surface area contributed by atoms with Crippen LogP contribution in [0.1, 0.15) is 32.3 Å². The Balaban J connectivity index is 2.53. The standard InChI is InChI=1S/C12H15NO/c1-8(2)9(3)10-7-14-11-5-4-6-13-12(10)11/h4-9H,1-3H3. The Morgan fingerprint density at radius 3 is 2.79 bits per heavy atom. The molecule has 0 fully saturated rings. The average Bonchev–Trinajstić information content (AvgIpc) is 2.60. The van der Waals surface area contributed by atoms with Crippen LogP contribution in [0.25, 0.3) is 11.1 Å². The molecule has 2 aromatic heterocycles. The normalized spacial score (nSPS) is 13.7. The summed E-state index contributed by atoms with van der Waals surface area (Å²) >= 11 is 0. The quantitative estimate of drug-likeness (QED) is 0.721. The zero-order chi connectivity index (χ0) is 10.1. The van der Waals surface area contributed by atoms with Crippen LogP contribution in [0.5, 0.6) is 0 Å². The molecule has 74 valence electrons. The van der Waals surface area contributed by atoms with Crippen molar-refractivity contribution in [3.63, 3.8) is 0 Å². The lowest BCUT2D eigenvalue weighted by Gasteiger charge is -2.12. The van der Waals surface area contributed by atoms with Gasteiger partial charge in [-0.15, -0.1) is 0 Å². The lowest BCUT2D eigenvalue weighted by Crippen LogP contribution is -2.01. The van der Waals surface area contributed by atoms with E-state index in [9.17, 15) is 0 Å². The molecule has 2 heterocycles. The monoisotopic (exact) mass is 189 g/mol. The molecule has 2 aromatic rings. The predicted molar refractivity (Wildman–Crippen MR) is 57.3 cm³/mol. The molecule has 14 heavy (non-hydrogen) atoms. The summed E-state index contributed by atoms with van der Waals surface area (Å²) in [6.45, 7) is 6.64. The fourth-order valence-corrected chi connectivity index (χ4v) is 1.57. The minimum absolute atomic E-state index is 0.492. The van der Waals surface area contributed by atoms with Gasteiger partial charge in [-0.3, -0.25) is 4.98 Å². The van der Waals surface area contributed by atoms with Gasteiger partial charge >= 0.3 is 0 Å². The Labute approximate surface area is 84.0 Å². The van der Waals surface area contributed by atoms with Gasteiger partial charge in [-0.05, 0) is 24.0 Å². The van der Waals surface area contributed by atoms with Crippen LogP contribution in [-0.2, 0) is 0 Å².